The molecule has 1 atom stereocenters. The van der Waals surface area contributed by atoms with Gasteiger partial charge in [0.1, 0.15) is 16.5 Å². The molecule has 48 heavy (non-hydrogen) atoms. The van der Waals surface area contributed by atoms with E-state index in [0.29, 0.717) is 24.1 Å². The minimum atomic E-state index is -0.279. The van der Waals surface area contributed by atoms with Crippen molar-refractivity contribution in [1.29, 1.82) is 0 Å². The number of nitrogens with one attached hydrogen (secondary N) is 2. The molecular weight excluding hydrogens is 646 g/mol. The van der Waals surface area contributed by atoms with E-state index in [4.69, 9.17) is 4.98 Å². The fourth-order valence-electron chi connectivity index (χ4n) is 6.19. The van der Waals surface area contributed by atoms with Crippen LogP contribution in [0.3, 0.4) is 0 Å². The van der Waals surface area contributed by atoms with Gasteiger partial charge in [-0.2, -0.15) is 0 Å². The number of aromatic nitrogens is 5. The van der Waals surface area contributed by atoms with Crippen LogP contribution < -0.4 is 10.6 Å². The molecule has 9 nitrogen and oxygen atoms in total. The summed E-state index contributed by atoms with van der Waals surface area (Å²) in [5.74, 6) is -0.682. The molecular formula is C36H30FN7O2S2. The van der Waals surface area contributed by atoms with Crippen LogP contribution in [0, 0.1) is 11.7 Å². The molecule has 2 aliphatic carbocycles. The highest BCUT2D eigenvalue weighted by molar-refractivity contribution is 7.18. The summed E-state index contributed by atoms with van der Waals surface area (Å²) in [5.41, 5.74) is 4.82. The van der Waals surface area contributed by atoms with Gasteiger partial charge in [0.15, 0.2) is 0 Å². The summed E-state index contributed by atoms with van der Waals surface area (Å²) in [6, 6.07) is 22.2. The molecule has 240 valence electrons. The Kier molecular flexibility index (Phi) is 8.11. The van der Waals surface area contributed by atoms with Crippen molar-refractivity contribution in [2.45, 2.75) is 44.2 Å². The van der Waals surface area contributed by atoms with E-state index in [2.05, 4.69) is 44.1 Å². The van der Waals surface area contributed by atoms with Crippen molar-refractivity contribution in [3.05, 3.63) is 113 Å². The summed E-state index contributed by atoms with van der Waals surface area (Å²) in [6.45, 7) is 0. The normalized spacial score (nSPS) is 18.5. The summed E-state index contributed by atoms with van der Waals surface area (Å²) in [5, 5.41) is 15.8. The topological polar surface area (TPSA) is 115 Å². The fraction of sp³-hybridized carbons (Fsp3) is 0.222. The number of aryl methyl sites for hydroxylation is 1. The van der Waals surface area contributed by atoms with Gasteiger partial charge in [-0.3, -0.25) is 14.6 Å². The van der Waals surface area contributed by atoms with Gasteiger partial charge in [-0.25, -0.2) is 14.1 Å². The second-order valence-corrected chi connectivity index (χ2v) is 14.3. The number of rotatable bonds is 8. The van der Waals surface area contributed by atoms with Gasteiger partial charge in [0.25, 0.3) is 5.91 Å². The number of thiazole rings is 1. The number of nitrogens with zero attached hydrogens (tertiary/aromatic N) is 5. The number of carbonyl (C=O) groups excluding carboxylic acids is 2. The third-order valence-corrected chi connectivity index (χ3v) is 11.3. The van der Waals surface area contributed by atoms with Gasteiger partial charge < -0.3 is 10.6 Å². The van der Waals surface area contributed by atoms with Crippen molar-refractivity contribution >= 4 is 34.5 Å². The van der Waals surface area contributed by atoms with Crippen molar-refractivity contribution in [3.8, 4) is 37.3 Å². The van der Waals surface area contributed by atoms with Crippen LogP contribution in [0.15, 0.2) is 91.4 Å². The molecule has 0 saturated heterocycles. The Bertz CT molecular complexity index is 2100. The van der Waals surface area contributed by atoms with E-state index >= 15 is 0 Å². The number of carbonyl (C=O) groups is 2. The first kappa shape index (κ1) is 30.3. The molecule has 2 amide bonds. The summed E-state index contributed by atoms with van der Waals surface area (Å²) < 4.78 is 15.0. The summed E-state index contributed by atoms with van der Waals surface area (Å²) in [6.07, 6.45) is 8.83. The van der Waals surface area contributed by atoms with Crippen LogP contribution in [-0.2, 0) is 11.2 Å². The highest BCUT2D eigenvalue weighted by Gasteiger charge is 2.37. The molecule has 0 aliphatic heterocycles. The summed E-state index contributed by atoms with van der Waals surface area (Å²) in [7, 11) is 0. The van der Waals surface area contributed by atoms with Crippen molar-refractivity contribution in [2.24, 2.45) is 5.92 Å². The van der Waals surface area contributed by atoms with Gasteiger partial charge in [0.2, 0.25) is 5.91 Å². The SMILES string of the molecule is O=C(NC1CC(C(=O)NC2CCCc3nc(-c4ccc(F)cc4)sc32)C1)c1cncc(-n2cc(-c3ccc(-c4ccccc4)s3)nn2)c1. The maximum atomic E-state index is 13.4. The molecule has 8 rings (SSSR count). The molecule has 2 aromatic carbocycles. The zero-order chi connectivity index (χ0) is 32.6. The van der Waals surface area contributed by atoms with E-state index in [1.54, 1.807) is 51.8 Å². The Labute approximate surface area is 283 Å². The maximum Gasteiger partial charge on any atom is 0.253 e. The second-order valence-electron chi connectivity index (χ2n) is 12.1. The van der Waals surface area contributed by atoms with Gasteiger partial charge in [0.05, 0.1) is 45.1 Å². The van der Waals surface area contributed by atoms with Crippen molar-refractivity contribution < 1.29 is 14.0 Å². The largest absolute Gasteiger partial charge is 0.349 e. The standard InChI is InChI=1S/C36H30FN7O2S2/c37-25-11-9-22(10-12-25)36-41-29-8-4-7-28(33(29)48-36)40-34(45)23-15-26(16-23)39-35(46)24-17-27(19-38-18-24)44-20-30(42-43-44)32-14-13-31(47-32)21-5-2-1-3-6-21/h1-3,5-6,9-14,17-20,23,26,28H,4,7-8,15-16H2,(H,39,46)(H,40,45). The Morgan fingerprint density at radius 3 is 2.54 bits per heavy atom. The number of hydrogen-bond acceptors (Lipinski definition) is 8. The third-order valence-electron chi connectivity index (χ3n) is 8.86. The average Bonchev–Trinajstić information content (AvgIpc) is 3.87. The van der Waals surface area contributed by atoms with Gasteiger partial charge in [-0.05, 0) is 80.1 Å². The minimum Gasteiger partial charge on any atom is -0.349 e. The molecule has 1 fully saturated rings. The number of pyridine rings is 1. The molecule has 6 aromatic rings. The fourth-order valence-corrected chi connectivity index (χ4v) is 8.36. The average molecular weight is 676 g/mol. The van der Waals surface area contributed by atoms with E-state index < -0.39 is 0 Å². The van der Waals surface area contributed by atoms with Crippen LogP contribution in [0.1, 0.15) is 52.7 Å². The van der Waals surface area contributed by atoms with Crippen molar-refractivity contribution in [3.63, 3.8) is 0 Å². The Hall–Kier alpha value is -5.07. The molecule has 0 spiro atoms. The molecule has 2 aliphatic rings. The van der Waals surface area contributed by atoms with E-state index in [0.717, 1.165) is 61.4 Å². The highest BCUT2D eigenvalue weighted by Crippen LogP contribution is 2.39. The maximum absolute atomic E-state index is 13.4. The second kappa shape index (κ2) is 12.9. The quantitative estimate of drug-likeness (QED) is 0.179. The molecule has 2 N–H and O–H groups in total. The third kappa shape index (κ3) is 6.16. The molecule has 0 bridgehead atoms. The van der Waals surface area contributed by atoms with Crippen LogP contribution in [0.4, 0.5) is 4.39 Å². The lowest BCUT2D eigenvalue weighted by Gasteiger charge is -2.36. The van der Waals surface area contributed by atoms with Gasteiger partial charge in [-0.1, -0.05) is 35.5 Å². The van der Waals surface area contributed by atoms with E-state index in [9.17, 15) is 14.0 Å². The first-order chi connectivity index (χ1) is 23.5. The van der Waals surface area contributed by atoms with Crippen LogP contribution >= 0.6 is 22.7 Å². The monoisotopic (exact) mass is 675 g/mol. The molecule has 4 aromatic heterocycles. The number of benzene rings is 2. The van der Waals surface area contributed by atoms with E-state index in [1.165, 1.54) is 18.3 Å². The molecule has 4 heterocycles. The number of hydrogen-bond donors (Lipinski definition) is 2. The van der Waals surface area contributed by atoms with Gasteiger partial charge >= 0.3 is 0 Å². The lowest BCUT2D eigenvalue weighted by atomic mass is 9.79. The van der Waals surface area contributed by atoms with E-state index in [-0.39, 0.29) is 35.6 Å². The first-order valence-corrected chi connectivity index (χ1v) is 17.5. The summed E-state index contributed by atoms with van der Waals surface area (Å²) in [4.78, 5) is 38.6. The first-order valence-electron chi connectivity index (χ1n) is 15.9. The van der Waals surface area contributed by atoms with Gasteiger partial charge in [-0.15, -0.1) is 27.8 Å². The Balaban J connectivity index is 0.864. The van der Waals surface area contributed by atoms with Crippen LogP contribution in [-0.4, -0.2) is 42.8 Å². The van der Waals surface area contributed by atoms with E-state index in [1.807, 2.05) is 30.5 Å². The van der Waals surface area contributed by atoms with Crippen LogP contribution in [0.25, 0.3) is 37.3 Å². The lowest BCUT2D eigenvalue weighted by molar-refractivity contribution is -0.129. The molecule has 1 unspecified atom stereocenters. The number of halogens is 1. The van der Waals surface area contributed by atoms with Crippen molar-refractivity contribution in [1.82, 2.24) is 35.6 Å². The Morgan fingerprint density at radius 2 is 1.71 bits per heavy atom. The zero-order valence-electron chi connectivity index (χ0n) is 25.7. The zero-order valence-corrected chi connectivity index (χ0v) is 27.3. The molecule has 0 radical (unpaired) electrons. The smallest absolute Gasteiger partial charge is 0.253 e. The number of amides is 2. The van der Waals surface area contributed by atoms with Crippen molar-refractivity contribution in [2.75, 3.05) is 0 Å². The number of fused-ring (bicyclic) bond motifs is 1. The van der Waals surface area contributed by atoms with Gasteiger partial charge in [0, 0.05) is 28.6 Å². The molecule has 1 saturated carbocycles. The predicted molar refractivity (Wildman–Crippen MR) is 183 cm³/mol. The van der Waals surface area contributed by atoms with Crippen LogP contribution in [0.5, 0.6) is 0 Å². The molecule has 12 heteroatoms. The number of thiophene rings is 1. The highest BCUT2D eigenvalue weighted by atomic mass is 32.1. The Morgan fingerprint density at radius 1 is 0.896 bits per heavy atom. The predicted octanol–water partition coefficient (Wildman–Crippen LogP) is 7.02. The minimum absolute atomic E-state index is 0.00219. The summed E-state index contributed by atoms with van der Waals surface area (Å²) >= 11 is 3.21. The van der Waals surface area contributed by atoms with Crippen LogP contribution in [0.2, 0.25) is 0 Å². The lowest BCUT2D eigenvalue weighted by Crippen LogP contribution is -2.50.